The molecule has 1 aromatic heterocycles. The van der Waals surface area contributed by atoms with Crippen molar-refractivity contribution in [2.75, 3.05) is 26.2 Å². The van der Waals surface area contributed by atoms with Crippen molar-refractivity contribution in [3.8, 4) is 22.6 Å². The second-order valence-corrected chi connectivity index (χ2v) is 8.77. The van der Waals surface area contributed by atoms with E-state index in [4.69, 9.17) is 9.47 Å². The third-order valence-corrected chi connectivity index (χ3v) is 6.31. The summed E-state index contributed by atoms with van der Waals surface area (Å²) in [6.07, 6.45) is 3.33. The van der Waals surface area contributed by atoms with Crippen molar-refractivity contribution in [1.29, 1.82) is 0 Å². The number of nitrogens with one attached hydrogen (secondary N) is 1. The van der Waals surface area contributed by atoms with Gasteiger partial charge in [-0.3, -0.25) is 9.59 Å². The lowest BCUT2D eigenvalue weighted by atomic mass is 9.94. The Hall–Kier alpha value is -3.87. The van der Waals surface area contributed by atoms with Gasteiger partial charge in [-0.2, -0.15) is 0 Å². The number of amides is 2. The Kier molecular flexibility index (Phi) is 5.04. The summed E-state index contributed by atoms with van der Waals surface area (Å²) in [4.78, 5) is 31.3. The fourth-order valence-electron chi connectivity index (χ4n) is 4.18. The van der Waals surface area contributed by atoms with Crippen LogP contribution in [0.5, 0.6) is 11.5 Å². The minimum Gasteiger partial charge on any atom is -0.454 e. The van der Waals surface area contributed by atoms with Gasteiger partial charge in [0.1, 0.15) is 5.82 Å². The Labute approximate surface area is 193 Å². The van der Waals surface area contributed by atoms with E-state index in [1.165, 1.54) is 0 Å². The summed E-state index contributed by atoms with van der Waals surface area (Å²) in [6.45, 7) is 2.19. The summed E-state index contributed by atoms with van der Waals surface area (Å²) in [5.41, 5.74) is 3.92. The molecule has 0 atom stereocenters. The number of benzene rings is 2. The Morgan fingerprint density at radius 3 is 2.42 bits per heavy atom. The Morgan fingerprint density at radius 1 is 1.03 bits per heavy atom. The van der Waals surface area contributed by atoms with Gasteiger partial charge in [-0.25, -0.2) is 4.98 Å². The molecule has 0 unspecified atom stereocenters. The Balaban J connectivity index is 0.00000274. The second-order valence-electron chi connectivity index (χ2n) is 8.77. The smallest absolute Gasteiger partial charge is 0.253 e. The van der Waals surface area contributed by atoms with Crippen molar-refractivity contribution in [2.24, 2.45) is 0 Å². The van der Waals surface area contributed by atoms with Gasteiger partial charge in [-0.05, 0) is 66.8 Å². The SMILES string of the molecule is Cc1cc(NC(=O)C2(c3ccc4c(c3)OCO4)CC2)ncc1-c1ccc(C(=O)N(C)C)cc1.[HH]. The first-order valence-corrected chi connectivity index (χ1v) is 10.9. The van der Waals surface area contributed by atoms with Gasteiger partial charge >= 0.3 is 0 Å². The Bertz CT molecular complexity index is 1250. The summed E-state index contributed by atoms with van der Waals surface area (Å²) in [5, 5.41) is 2.99. The summed E-state index contributed by atoms with van der Waals surface area (Å²) in [6, 6.07) is 15.0. The van der Waals surface area contributed by atoms with Crippen LogP contribution >= 0.6 is 0 Å². The minimum absolute atomic E-state index is 0. The predicted octanol–water partition coefficient (Wildman–Crippen LogP) is 4.40. The zero-order chi connectivity index (χ0) is 23.2. The monoisotopic (exact) mass is 445 g/mol. The van der Waals surface area contributed by atoms with Gasteiger partial charge in [-0.1, -0.05) is 18.2 Å². The molecule has 33 heavy (non-hydrogen) atoms. The molecule has 1 aliphatic carbocycles. The van der Waals surface area contributed by atoms with Crippen LogP contribution in [-0.2, 0) is 10.2 Å². The van der Waals surface area contributed by atoms with Gasteiger partial charge in [-0.15, -0.1) is 0 Å². The highest BCUT2D eigenvalue weighted by Gasteiger charge is 2.51. The molecule has 0 saturated heterocycles. The van der Waals surface area contributed by atoms with Crippen molar-refractivity contribution in [2.45, 2.75) is 25.2 Å². The van der Waals surface area contributed by atoms with Gasteiger partial charge in [0.2, 0.25) is 12.7 Å². The Morgan fingerprint density at radius 2 is 1.76 bits per heavy atom. The zero-order valence-corrected chi connectivity index (χ0v) is 18.8. The van der Waals surface area contributed by atoms with E-state index < -0.39 is 5.41 Å². The molecule has 170 valence electrons. The maximum Gasteiger partial charge on any atom is 0.253 e. The molecule has 0 spiro atoms. The molecule has 7 heteroatoms. The molecule has 3 aromatic rings. The first-order valence-electron chi connectivity index (χ1n) is 10.9. The van der Waals surface area contributed by atoms with Crippen LogP contribution in [0.15, 0.2) is 54.7 Å². The maximum atomic E-state index is 13.2. The molecule has 2 amide bonds. The summed E-state index contributed by atoms with van der Waals surface area (Å²) < 4.78 is 10.9. The van der Waals surface area contributed by atoms with Crippen LogP contribution < -0.4 is 14.8 Å². The summed E-state index contributed by atoms with van der Waals surface area (Å²) in [7, 11) is 3.46. The number of hydrogen-bond acceptors (Lipinski definition) is 5. The van der Waals surface area contributed by atoms with Crippen LogP contribution in [0.2, 0.25) is 0 Å². The summed E-state index contributed by atoms with van der Waals surface area (Å²) in [5.74, 6) is 1.82. The van der Waals surface area contributed by atoms with E-state index in [2.05, 4.69) is 10.3 Å². The van der Waals surface area contributed by atoms with E-state index in [0.29, 0.717) is 22.9 Å². The van der Waals surface area contributed by atoms with E-state index in [1.807, 2.05) is 55.5 Å². The lowest BCUT2D eigenvalue weighted by molar-refractivity contribution is -0.118. The number of rotatable bonds is 5. The number of anilines is 1. The first-order chi connectivity index (χ1) is 15.9. The number of pyridine rings is 1. The number of hydrogen-bond donors (Lipinski definition) is 1. The van der Waals surface area contributed by atoms with E-state index in [0.717, 1.165) is 35.1 Å². The molecule has 7 nitrogen and oxygen atoms in total. The first kappa shape index (κ1) is 21.0. The molecule has 2 aliphatic rings. The number of aromatic nitrogens is 1. The van der Waals surface area contributed by atoms with Crippen molar-refractivity contribution in [1.82, 2.24) is 9.88 Å². The molecule has 0 radical (unpaired) electrons. The fraction of sp³-hybridized carbons (Fsp3) is 0.269. The van der Waals surface area contributed by atoms with Gasteiger partial charge in [0.15, 0.2) is 11.5 Å². The van der Waals surface area contributed by atoms with Crippen molar-refractivity contribution in [3.63, 3.8) is 0 Å². The number of carbonyl (C=O) groups excluding carboxylic acids is 2. The van der Waals surface area contributed by atoms with E-state index in [1.54, 1.807) is 25.2 Å². The molecular formula is C26H27N3O4. The molecule has 1 saturated carbocycles. The number of nitrogens with zero attached hydrogens (tertiary/aromatic N) is 2. The van der Waals surface area contributed by atoms with Gasteiger partial charge in [0.25, 0.3) is 5.91 Å². The van der Waals surface area contributed by atoms with Crippen LogP contribution in [0.1, 0.15) is 35.8 Å². The molecular weight excluding hydrogens is 418 g/mol. The number of aryl methyl sites for hydroxylation is 1. The molecule has 2 aromatic carbocycles. The van der Waals surface area contributed by atoms with Gasteiger partial charge in [0.05, 0.1) is 5.41 Å². The number of fused-ring (bicyclic) bond motifs is 1. The standard InChI is InChI=1S/C26H25N3O4.H2/c1-16-12-23(27-14-20(16)17-4-6-18(7-5-17)24(30)29(2)3)28-25(31)26(10-11-26)19-8-9-21-22(13-19)33-15-32-21;/h4-9,12-14H,10-11,15H2,1-3H3,(H,27,28,31);1H. The molecule has 0 bridgehead atoms. The maximum absolute atomic E-state index is 13.2. The molecule has 2 heterocycles. The number of ether oxygens (including phenoxy) is 2. The topological polar surface area (TPSA) is 80.8 Å². The average molecular weight is 446 g/mol. The fourth-order valence-corrected chi connectivity index (χ4v) is 4.18. The van der Waals surface area contributed by atoms with Crippen LogP contribution in [-0.4, -0.2) is 42.6 Å². The highest BCUT2D eigenvalue weighted by molar-refractivity contribution is 6.01. The van der Waals surface area contributed by atoms with Crippen LogP contribution in [0.25, 0.3) is 11.1 Å². The minimum atomic E-state index is -0.552. The van der Waals surface area contributed by atoms with Crippen molar-refractivity contribution < 1.29 is 20.5 Å². The van der Waals surface area contributed by atoms with Crippen molar-refractivity contribution in [3.05, 3.63) is 71.4 Å². The van der Waals surface area contributed by atoms with E-state index >= 15 is 0 Å². The predicted molar refractivity (Wildman–Crippen MR) is 127 cm³/mol. The number of carbonyl (C=O) groups is 2. The third-order valence-electron chi connectivity index (χ3n) is 6.31. The second kappa shape index (κ2) is 7.92. The van der Waals surface area contributed by atoms with E-state index in [9.17, 15) is 9.59 Å². The average Bonchev–Trinajstić information content (AvgIpc) is 3.49. The summed E-state index contributed by atoms with van der Waals surface area (Å²) >= 11 is 0. The molecule has 1 fully saturated rings. The van der Waals surface area contributed by atoms with Gasteiger partial charge < -0.3 is 19.7 Å². The molecule has 5 rings (SSSR count). The van der Waals surface area contributed by atoms with Gasteiger partial charge in [0, 0.05) is 32.8 Å². The zero-order valence-electron chi connectivity index (χ0n) is 18.8. The highest BCUT2D eigenvalue weighted by Crippen LogP contribution is 2.51. The van der Waals surface area contributed by atoms with Crippen molar-refractivity contribution >= 4 is 17.6 Å². The lowest BCUT2D eigenvalue weighted by Crippen LogP contribution is -2.28. The third kappa shape index (κ3) is 3.80. The highest BCUT2D eigenvalue weighted by atomic mass is 16.7. The normalized spacial score (nSPS) is 15.1. The largest absolute Gasteiger partial charge is 0.454 e. The van der Waals surface area contributed by atoms with E-state index in [-0.39, 0.29) is 20.0 Å². The molecule has 1 N–H and O–H groups in total. The lowest BCUT2D eigenvalue weighted by Gasteiger charge is -2.17. The van der Waals surface area contributed by atoms with Crippen LogP contribution in [0, 0.1) is 6.92 Å². The van der Waals surface area contributed by atoms with Crippen LogP contribution in [0.3, 0.4) is 0 Å². The quantitative estimate of drug-likeness (QED) is 0.629. The van der Waals surface area contributed by atoms with Crippen LogP contribution in [0.4, 0.5) is 5.82 Å². The molecule has 1 aliphatic heterocycles.